The van der Waals surface area contributed by atoms with Crippen LogP contribution in [0, 0.1) is 11.3 Å². The number of rotatable bonds is 3. The Morgan fingerprint density at radius 3 is 2.17 bits per heavy atom. The number of carbonyl (C=O) groups is 3. The van der Waals surface area contributed by atoms with Crippen molar-refractivity contribution in [2.75, 3.05) is 33.3 Å². The molecule has 8 heteroatoms. The van der Waals surface area contributed by atoms with Crippen LogP contribution in [-0.4, -0.2) is 66.8 Å². The fourth-order valence-electron chi connectivity index (χ4n) is 3.97. The molecule has 2 aliphatic rings. The number of ether oxygens (including phenoxy) is 3. The Bertz CT molecular complexity index is 775. The van der Waals surface area contributed by atoms with Gasteiger partial charge in [0.2, 0.25) is 0 Å². The molecule has 0 radical (unpaired) electrons. The van der Waals surface area contributed by atoms with Crippen molar-refractivity contribution in [1.29, 1.82) is 0 Å². The zero-order valence-electron chi connectivity index (χ0n) is 17.3. The third-order valence-electron chi connectivity index (χ3n) is 5.32. The van der Waals surface area contributed by atoms with E-state index < -0.39 is 29.2 Å². The van der Waals surface area contributed by atoms with E-state index >= 15 is 0 Å². The number of likely N-dealkylation sites (tertiary alicyclic amines) is 2. The number of benzene rings is 1. The summed E-state index contributed by atoms with van der Waals surface area (Å²) in [4.78, 5) is 40.7. The van der Waals surface area contributed by atoms with Crippen LogP contribution >= 0.6 is 0 Å². The van der Waals surface area contributed by atoms with Gasteiger partial charge in [0.25, 0.3) is 0 Å². The highest BCUT2D eigenvalue weighted by atomic mass is 16.6. The molecule has 0 aliphatic carbocycles. The minimum Gasteiger partial charge on any atom is -0.468 e. The van der Waals surface area contributed by atoms with Gasteiger partial charge in [-0.1, -0.05) is 30.3 Å². The zero-order chi connectivity index (χ0) is 21.2. The lowest BCUT2D eigenvalue weighted by Gasteiger charge is -2.28. The van der Waals surface area contributed by atoms with Crippen LogP contribution in [0.15, 0.2) is 30.3 Å². The van der Waals surface area contributed by atoms with Crippen LogP contribution in [-0.2, 0) is 25.6 Å². The van der Waals surface area contributed by atoms with Crippen molar-refractivity contribution in [3.8, 4) is 0 Å². The molecule has 8 nitrogen and oxygen atoms in total. The SMILES string of the molecule is COC(=O)C12CN(C(=O)OCc3ccccc3)CC1CN(C(=O)OC(C)(C)C)C2. The van der Waals surface area contributed by atoms with E-state index in [1.54, 1.807) is 20.8 Å². The van der Waals surface area contributed by atoms with Gasteiger partial charge >= 0.3 is 18.2 Å². The summed E-state index contributed by atoms with van der Waals surface area (Å²) in [5.41, 5.74) is -0.697. The summed E-state index contributed by atoms with van der Waals surface area (Å²) in [6.07, 6.45) is -0.941. The highest BCUT2D eigenvalue weighted by molar-refractivity contribution is 5.82. The Labute approximate surface area is 170 Å². The molecule has 2 heterocycles. The molecule has 29 heavy (non-hydrogen) atoms. The summed E-state index contributed by atoms with van der Waals surface area (Å²) < 4.78 is 15.9. The predicted octanol–water partition coefficient (Wildman–Crippen LogP) is 2.67. The van der Waals surface area contributed by atoms with Gasteiger partial charge in [0, 0.05) is 32.1 Å². The summed E-state index contributed by atoms with van der Waals surface area (Å²) in [7, 11) is 1.32. The molecule has 2 atom stereocenters. The van der Waals surface area contributed by atoms with Crippen molar-refractivity contribution in [1.82, 2.24) is 9.80 Å². The van der Waals surface area contributed by atoms with Crippen LogP contribution in [0.5, 0.6) is 0 Å². The number of nitrogens with zero attached hydrogens (tertiary/aromatic N) is 2. The standard InChI is InChI=1S/C21H28N2O6/c1-20(2,3)29-19(26)23-11-16-10-22(13-21(16,14-23)17(24)27-4)18(25)28-12-15-8-6-5-7-9-15/h5-9,16H,10-14H2,1-4H3. The molecule has 2 saturated heterocycles. The lowest BCUT2D eigenvalue weighted by molar-refractivity contribution is -0.152. The van der Waals surface area contributed by atoms with Crippen molar-refractivity contribution >= 4 is 18.2 Å². The summed E-state index contributed by atoms with van der Waals surface area (Å²) in [6.45, 7) is 6.50. The predicted molar refractivity (Wildman–Crippen MR) is 104 cm³/mol. The van der Waals surface area contributed by atoms with Crippen LogP contribution in [0.2, 0.25) is 0 Å². The van der Waals surface area contributed by atoms with Crippen LogP contribution < -0.4 is 0 Å². The highest BCUT2D eigenvalue weighted by Gasteiger charge is 2.60. The number of fused-ring (bicyclic) bond motifs is 1. The van der Waals surface area contributed by atoms with Crippen LogP contribution in [0.3, 0.4) is 0 Å². The first-order chi connectivity index (χ1) is 13.6. The van der Waals surface area contributed by atoms with Gasteiger partial charge in [-0.25, -0.2) is 9.59 Å². The fraction of sp³-hybridized carbons (Fsp3) is 0.571. The quantitative estimate of drug-likeness (QED) is 0.569. The van der Waals surface area contributed by atoms with Crippen LogP contribution in [0.1, 0.15) is 26.3 Å². The molecule has 1 aromatic rings. The Balaban J connectivity index is 1.67. The molecular weight excluding hydrogens is 376 g/mol. The average Bonchev–Trinajstić information content (AvgIpc) is 3.20. The Morgan fingerprint density at radius 2 is 1.62 bits per heavy atom. The summed E-state index contributed by atoms with van der Waals surface area (Å²) in [6, 6.07) is 9.40. The Hall–Kier alpha value is -2.77. The third kappa shape index (κ3) is 4.46. The number of methoxy groups -OCH3 is 1. The minimum atomic E-state index is -0.961. The molecule has 2 unspecified atom stereocenters. The van der Waals surface area contributed by atoms with Gasteiger partial charge in [-0.2, -0.15) is 0 Å². The number of hydrogen-bond acceptors (Lipinski definition) is 6. The topological polar surface area (TPSA) is 85.4 Å². The molecule has 0 N–H and O–H groups in total. The molecule has 0 bridgehead atoms. The molecule has 2 aliphatic heterocycles. The van der Waals surface area contributed by atoms with E-state index in [1.807, 2.05) is 30.3 Å². The second-order valence-corrected chi connectivity index (χ2v) is 8.63. The molecule has 0 saturated carbocycles. The molecule has 158 valence electrons. The van der Waals surface area contributed by atoms with Crippen molar-refractivity contribution in [3.05, 3.63) is 35.9 Å². The molecule has 1 aromatic carbocycles. The zero-order valence-corrected chi connectivity index (χ0v) is 17.3. The minimum absolute atomic E-state index is 0.150. The van der Waals surface area contributed by atoms with E-state index in [1.165, 1.54) is 16.9 Å². The number of carbonyl (C=O) groups excluding carboxylic acids is 3. The van der Waals surface area contributed by atoms with E-state index in [2.05, 4.69) is 0 Å². The molecule has 0 spiro atoms. The van der Waals surface area contributed by atoms with Gasteiger partial charge in [0.1, 0.15) is 17.6 Å². The van der Waals surface area contributed by atoms with E-state index in [9.17, 15) is 14.4 Å². The van der Waals surface area contributed by atoms with Gasteiger partial charge < -0.3 is 24.0 Å². The fourth-order valence-corrected chi connectivity index (χ4v) is 3.97. The van der Waals surface area contributed by atoms with E-state index in [-0.39, 0.29) is 25.6 Å². The van der Waals surface area contributed by atoms with Gasteiger partial charge in [-0.15, -0.1) is 0 Å². The summed E-state index contributed by atoms with van der Waals surface area (Å²) >= 11 is 0. The van der Waals surface area contributed by atoms with Crippen molar-refractivity contribution in [2.45, 2.75) is 33.0 Å². The lowest BCUT2D eigenvalue weighted by Crippen LogP contribution is -2.44. The number of amides is 2. The average molecular weight is 404 g/mol. The Kier molecular flexibility index (Phi) is 5.73. The lowest BCUT2D eigenvalue weighted by atomic mass is 9.81. The number of esters is 1. The van der Waals surface area contributed by atoms with Crippen molar-refractivity contribution < 1.29 is 28.6 Å². The normalized spacial score (nSPS) is 23.5. The van der Waals surface area contributed by atoms with Gasteiger partial charge in [-0.3, -0.25) is 4.79 Å². The second kappa shape index (κ2) is 7.93. The van der Waals surface area contributed by atoms with Gasteiger partial charge in [-0.05, 0) is 26.3 Å². The van der Waals surface area contributed by atoms with Crippen LogP contribution in [0.25, 0.3) is 0 Å². The summed E-state index contributed by atoms with van der Waals surface area (Å²) in [5, 5.41) is 0. The number of hydrogen-bond donors (Lipinski definition) is 0. The van der Waals surface area contributed by atoms with E-state index in [0.717, 1.165) is 5.56 Å². The van der Waals surface area contributed by atoms with Gasteiger partial charge in [0.05, 0.1) is 7.11 Å². The third-order valence-corrected chi connectivity index (χ3v) is 5.32. The maximum absolute atomic E-state index is 12.6. The molecule has 2 fully saturated rings. The van der Waals surface area contributed by atoms with Gasteiger partial charge in [0.15, 0.2) is 0 Å². The van der Waals surface area contributed by atoms with E-state index in [4.69, 9.17) is 14.2 Å². The first kappa shape index (κ1) is 21.0. The smallest absolute Gasteiger partial charge is 0.410 e. The first-order valence-corrected chi connectivity index (χ1v) is 9.66. The monoisotopic (exact) mass is 404 g/mol. The molecule has 2 amide bonds. The largest absolute Gasteiger partial charge is 0.468 e. The van der Waals surface area contributed by atoms with E-state index in [0.29, 0.717) is 13.1 Å². The van der Waals surface area contributed by atoms with Crippen LogP contribution in [0.4, 0.5) is 9.59 Å². The molecular formula is C21H28N2O6. The first-order valence-electron chi connectivity index (χ1n) is 9.66. The Morgan fingerprint density at radius 1 is 1.03 bits per heavy atom. The maximum atomic E-state index is 12.6. The van der Waals surface area contributed by atoms with Crippen molar-refractivity contribution in [2.24, 2.45) is 11.3 Å². The molecule has 0 aromatic heterocycles. The van der Waals surface area contributed by atoms with Crippen molar-refractivity contribution in [3.63, 3.8) is 0 Å². The summed E-state index contributed by atoms with van der Waals surface area (Å²) in [5.74, 6) is -0.654. The highest BCUT2D eigenvalue weighted by Crippen LogP contribution is 2.44. The molecule has 3 rings (SSSR count). The maximum Gasteiger partial charge on any atom is 0.410 e. The second-order valence-electron chi connectivity index (χ2n) is 8.63.